The molecule has 0 saturated carbocycles. The molecule has 0 aromatic heterocycles. The Morgan fingerprint density at radius 3 is 2.70 bits per heavy atom. The maximum absolute atomic E-state index is 12.7. The summed E-state index contributed by atoms with van der Waals surface area (Å²) in [5.41, 5.74) is 3.72. The van der Waals surface area contributed by atoms with Gasteiger partial charge in [-0.05, 0) is 43.2 Å². The lowest BCUT2D eigenvalue weighted by atomic mass is 10.1. The van der Waals surface area contributed by atoms with Crippen LogP contribution in [0.4, 0.5) is 11.4 Å². The van der Waals surface area contributed by atoms with Crippen molar-refractivity contribution in [2.45, 2.75) is 20.3 Å². The van der Waals surface area contributed by atoms with Crippen molar-refractivity contribution in [1.29, 1.82) is 0 Å². The lowest BCUT2D eigenvalue weighted by molar-refractivity contribution is -0.122. The molecule has 6 heteroatoms. The summed E-state index contributed by atoms with van der Waals surface area (Å²) in [6.45, 7) is 5.43. The van der Waals surface area contributed by atoms with Crippen molar-refractivity contribution in [2.75, 3.05) is 30.0 Å². The van der Waals surface area contributed by atoms with Gasteiger partial charge in [0.25, 0.3) is 0 Å². The average molecular weight is 366 g/mol. The largest absolute Gasteiger partial charge is 0.486 e. The van der Waals surface area contributed by atoms with E-state index < -0.39 is 0 Å². The van der Waals surface area contributed by atoms with Gasteiger partial charge in [-0.3, -0.25) is 9.59 Å². The van der Waals surface area contributed by atoms with Crippen molar-refractivity contribution < 1.29 is 19.1 Å². The molecule has 1 saturated heterocycles. The zero-order valence-corrected chi connectivity index (χ0v) is 15.5. The van der Waals surface area contributed by atoms with Gasteiger partial charge >= 0.3 is 0 Å². The summed E-state index contributed by atoms with van der Waals surface area (Å²) >= 11 is 0. The van der Waals surface area contributed by atoms with E-state index in [1.807, 2.05) is 32.0 Å². The van der Waals surface area contributed by atoms with Crippen molar-refractivity contribution in [1.82, 2.24) is 0 Å². The van der Waals surface area contributed by atoms with Gasteiger partial charge < -0.3 is 19.7 Å². The average Bonchev–Trinajstić information content (AvgIpc) is 3.05. The SMILES string of the molecule is Cc1cccc(N2C[C@@H](C(=O)Nc3ccc4c(c3)OCCO4)CC2=O)c1C. The molecular formula is C21H22N2O4. The van der Waals surface area contributed by atoms with Gasteiger partial charge in [-0.2, -0.15) is 0 Å². The van der Waals surface area contributed by atoms with E-state index in [1.54, 1.807) is 23.1 Å². The summed E-state index contributed by atoms with van der Waals surface area (Å²) in [7, 11) is 0. The van der Waals surface area contributed by atoms with Crippen LogP contribution in [0, 0.1) is 19.8 Å². The molecular weight excluding hydrogens is 344 g/mol. The summed E-state index contributed by atoms with van der Waals surface area (Å²) in [5, 5.41) is 2.90. The maximum Gasteiger partial charge on any atom is 0.229 e. The highest BCUT2D eigenvalue weighted by atomic mass is 16.6. The summed E-state index contributed by atoms with van der Waals surface area (Å²) in [4.78, 5) is 26.9. The minimum Gasteiger partial charge on any atom is -0.486 e. The first-order valence-electron chi connectivity index (χ1n) is 9.10. The second kappa shape index (κ2) is 6.95. The Hall–Kier alpha value is -3.02. The van der Waals surface area contributed by atoms with E-state index in [1.165, 1.54) is 0 Å². The Morgan fingerprint density at radius 1 is 1.11 bits per heavy atom. The Morgan fingerprint density at radius 2 is 1.89 bits per heavy atom. The monoisotopic (exact) mass is 366 g/mol. The number of amides is 2. The third kappa shape index (κ3) is 3.35. The molecule has 1 N–H and O–H groups in total. The molecule has 4 rings (SSSR count). The maximum atomic E-state index is 12.7. The molecule has 2 aromatic rings. The van der Waals surface area contributed by atoms with Gasteiger partial charge in [0.05, 0.1) is 5.92 Å². The molecule has 2 aromatic carbocycles. The fraction of sp³-hybridized carbons (Fsp3) is 0.333. The third-order valence-electron chi connectivity index (χ3n) is 5.17. The fourth-order valence-corrected chi connectivity index (χ4v) is 3.51. The van der Waals surface area contributed by atoms with E-state index in [9.17, 15) is 9.59 Å². The molecule has 2 amide bonds. The molecule has 2 aliphatic rings. The first-order chi connectivity index (χ1) is 13.0. The summed E-state index contributed by atoms with van der Waals surface area (Å²) in [6.07, 6.45) is 0.212. The Bertz CT molecular complexity index is 909. The number of rotatable bonds is 3. The lowest BCUT2D eigenvalue weighted by Crippen LogP contribution is -2.28. The van der Waals surface area contributed by atoms with E-state index in [0.717, 1.165) is 16.8 Å². The zero-order valence-electron chi connectivity index (χ0n) is 15.5. The van der Waals surface area contributed by atoms with Gasteiger partial charge in [-0.25, -0.2) is 0 Å². The number of carbonyl (C=O) groups excluding carboxylic acids is 2. The molecule has 0 unspecified atom stereocenters. The van der Waals surface area contributed by atoms with Crippen LogP contribution < -0.4 is 19.7 Å². The molecule has 1 atom stereocenters. The number of fused-ring (bicyclic) bond motifs is 1. The molecule has 0 spiro atoms. The van der Waals surface area contributed by atoms with Crippen molar-refractivity contribution in [3.8, 4) is 11.5 Å². The number of aryl methyl sites for hydroxylation is 1. The van der Waals surface area contributed by atoms with Crippen molar-refractivity contribution in [3.63, 3.8) is 0 Å². The number of hydrogen-bond acceptors (Lipinski definition) is 4. The summed E-state index contributed by atoms with van der Waals surface area (Å²) in [5.74, 6) is 0.736. The molecule has 2 heterocycles. The molecule has 1 fully saturated rings. The number of nitrogens with one attached hydrogen (secondary N) is 1. The van der Waals surface area contributed by atoms with Crippen molar-refractivity contribution >= 4 is 23.2 Å². The van der Waals surface area contributed by atoms with E-state index in [-0.39, 0.29) is 24.2 Å². The van der Waals surface area contributed by atoms with Crippen LogP contribution in [-0.4, -0.2) is 31.6 Å². The first kappa shape index (κ1) is 17.4. The van der Waals surface area contributed by atoms with Crippen LogP contribution in [0.3, 0.4) is 0 Å². The van der Waals surface area contributed by atoms with E-state index in [0.29, 0.717) is 36.9 Å². The molecule has 27 heavy (non-hydrogen) atoms. The quantitative estimate of drug-likeness (QED) is 0.907. The normalized spacial score (nSPS) is 18.5. The first-order valence-corrected chi connectivity index (χ1v) is 9.10. The molecule has 140 valence electrons. The van der Waals surface area contributed by atoms with Gasteiger partial charge in [-0.15, -0.1) is 0 Å². The Kier molecular flexibility index (Phi) is 4.48. The Labute approximate surface area is 158 Å². The number of ether oxygens (including phenoxy) is 2. The van der Waals surface area contributed by atoms with Crippen molar-refractivity contribution in [2.24, 2.45) is 5.92 Å². The van der Waals surface area contributed by atoms with Gasteiger partial charge in [0.2, 0.25) is 11.8 Å². The topological polar surface area (TPSA) is 67.9 Å². The van der Waals surface area contributed by atoms with Crippen molar-refractivity contribution in [3.05, 3.63) is 47.5 Å². The molecule has 0 aliphatic carbocycles. The van der Waals surface area contributed by atoms with Crippen LogP contribution in [0.25, 0.3) is 0 Å². The van der Waals surface area contributed by atoms with Crippen LogP contribution in [0.1, 0.15) is 17.5 Å². The van der Waals surface area contributed by atoms with Crippen LogP contribution in [0.15, 0.2) is 36.4 Å². The summed E-state index contributed by atoms with van der Waals surface area (Å²) < 4.78 is 11.0. The second-order valence-corrected chi connectivity index (χ2v) is 6.97. The number of benzene rings is 2. The predicted octanol–water partition coefficient (Wildman–Crippen LogP) is 3.07. The van der Waals surface area contributed by atoms with Gasteiger partial charge in [0.15, 0.2) is 11.5 Å². The summed E-state index contributed by atoms with van der Waals surface area (Å²) in [6, 6.07) is 11.2. The fourth-order valence-electron chi connectivity index (χ4n) is 3.51. The highest BCUT2D eigenvalue weighted by Gasteiger charge is 2.35. The minimum atomic E-state index is -0.384. The number of anilines is 2. The zero-order chi connectivity index (χ0) is 19.0. The van der Waals surface area contributed by atoms with Crippen LogP contribution >= 0.6 is 0 Å². The standard InChI is InChI=1S/C21H22N2O4/c1-13-4-3-5-17(14(13)2)23-12-15(10-20(23)24)21(25)22-16-6-7-18-19(11-16)27-9-8-26-18/h3-7,11,15H,8-10,12H2,1-2H3,(H,22,25)/t15-/m0/s1. The lowest BCUT2D eigenvalue weighted by Gasteiger charge is -2.20. The van der Waals surface area contributed by atoms with Crippen LogP contribution in [-0.2, 0) is 9.59 Å². The number of carbonyl (C=O) groups is 2. The molecule has 2 aliphatic heterocycles. The van der Waals surface area contributed by atoms with Gasteiger partial charge in [0.1, 0.15) is 13.2 Å². The number of nitrogens with zero attached hydrogens (tertiary/aromatic N) is 1. The van der Waals surface area contributed by atoms with E-state index in [2.05, 4.69) is 5.32 Å². The Balaban J connectivity index is 1.47. The predicted molar refractivity (Wildman–Crippen MR) is 102 cm³/mol. The van der Waals surface area contributed by atoms with E-state index >= 15 is 0 Å². The molecule has 0 bridgehead atoms. The van der Waals surface area contributed by atoms with Gasteiger partial charge in [0, 0.05) is 30.4 Å². The van der Waals surface area contributed by atoms with E-state index in [4.69, 9.17) is 9.47 Å². The second-order valence-electron chi connectivity index (χ2n) is 6.97. The highest BCUT2D eigenvalue weighted by Crippen LogP contribution is 2.34. The highest BCUT2D eigenvalue weighted by molar-refractivity contribution is 6.04. The van der Waals surface area contributed by atoms with Gasteiger partial charge in [-0.1, -0.05) is 12.1 Å². The third-order valence-corrected chi connectivity index (χ3v) is 5.17. The number of hydrogen-bond donors (Lipinski definition) is 1. The molecule has 6 nitrogen and oxygen atoms in total. The van der Waals surface area contributed by atoms with Crippen LogP contribution in [0.2, 0.25) is 0 Å². The minimum absolute atomic E-state index is 0.0222. The smallest absolute Gasteiger partial charge is 0.229 e. The van der Waals surface area contributed by atoms with Crippen LogP contribution in [0.5, 0.6) is 11.5 Å². The molecule has 0 radical (unpaired) electrons.